The summed E-state index contributed by atoms with van der Waals surface area (Å²) < 4.78 is 3.02. The molecule has 1 aromatic carbocycles. The lowest BCUT2D eigenvalue weighted by Crippen LogP contribution is -2.02. The maximum atomic E-state index is 9.14. The Morgan fingerprint density at radius 2 is 1.75 bits per heavy atom. The summed E-state index contributed by atoms with van der Waals surface area (Å²) in [6.45, 7) is 4.07. The smallest absolute Gasteiger partial charge is 0.101 e. The van der Waals surface area contributed by atoms with Gasteiger partial charge in [0, 0.05) is 15.9 Å². The van der Waals surface area contributed by atoms with Gasteiger partial charge in [-0.3, -0.25) is 0 Å². The minimum Gasteiger partial charge on any atom is -0.316 e. The Labute approximate surface area is 103 Å². The fourth-order valence-corrected chi connectivity index (χ4v) is 2.40. The second-order valence-corrected chi connectivity index (χ2v) is 4.55. The van der Waals surface area contributed by atoms with Crippen molar-refractivity contribution in [3.63, 3.8) is 0 Å². The number of benzene rings is 1. The van der Waals surface area contributed by atoms with E-state index in [9.17, 15) is 0 Å². The first-order valence-electron chi connectivity index (χ1n) is 4.99. The van der Waals surface area contributed by atoms with Crippen LogP contribution in [0.2, 0.25) is 0 Å². The van der Waals surface area contributed by atoms with Gasteiger partial charge in [-0.15, -0.1) is 0 Å². The van der Waals surface area contributed by atoms with E-state index in [0.717, 1.165) is 21.5 Å². The third-order valence-corrected chi connectivity index (χ3v) is 3.24. The normalized spacial score (nSPS) is 10.1. The van der Waals surface area contributed by atoms with Crippen LogP contribution in [0.5, 0.6) is 0 Å². The van der Waals surface area contributed by atoms with Gasteiger partial charge in [-0.05, 0) is 54.0 Å². The van der Waals surface area contributed by atoms with Crippen molar-refractivity contribution in [2.24, 2.45) is 0 Å². The van der Waals surface area contributed by atoms with E-state index in [4.69, 9.17) is 5.26 Å². The molecule has 0 radical (unpaired) electrons. The molecule has 0 aliphatic heterocycles. The summed E-state index contributed by atoms with van der Waals surface area (Å²) in [7, 11) is 0. The fourth-order valence-electron chi connectivity index (χ4n) is 1.85. The molecule has 0 saturated carbocycles. The van der Waals surface area contributed by atoms with Gasteiger partial charge >= 0.3 is 0 Å². The molecule has 0 bridgehead atoms. The highest BCUT2D eigenvalue weighted by molar-refractivity contribution is 9.10. The van der Waals surface area contributed by atoms with E-state index in [1.807, 2.05) is 32.0 Å². The van der Waals surface area contributed by atoms with Gasteiger partial charge < -0.3 is 4.57 Å². The van der Waals surface area contributed by atoms with Crippen LogP contribution in [0.15, 0.2) is 34.8 Å². The van der Waals surface area contributed by atoms with Gasteiger partial charge in [0.1, 0.15) is 6.07 Å². The summed E-state index contributed by atoms with van der Waals surface area (Å²) in [5, 5.41) is 9.14. The quantitative estimate of drug-likeness (QED) is 0.779. The van der Waals surface area contributed by atoms with Crippen molar-refractivity contribution < 1.29 is 0 Å². The van der Waals surface area contributed by atoms with Crippen molar-refractivity contribution >= 4 is 15.9 Å². The molecule has 0 unspecified atom stereocenters. The lowest BCUT2D eigenvalue weighted by atomic mass is 10.2. The first kappa shape index (κ1) is 11.0. The number of nitrogens with zero attached hydrogens (tertiary/aromatic N) is 2. The number of nitriles is 1. The third kappa shape index (κ3) is 1.66. The number of rotatable bonds is 1. The Balaban J connectivity index is 2.79. The van der Waals surface area contributed by atoms with Gasteiger partial charge in [0.25, 0.3) is 0 Å². The largest absolute Gasteiger partial charge is 0.316 e. The fraction of sp³-hybridized carbons (Fsp3) is 0.154. The molecular weight excluding hydrogens is 264 g/mol. The molecule has 0 saturated heterocycles. The minimum atomic E-state index is 0.678. The molecule has 0 aliphatic rings. The van der Waals surface area contributed by atoms with Crippen LogP contribution in [-0.2, 0) is 0 Å². The molecule has 0 fully saturated rings. The molecule has 80 valence electrons. The molecule has 2 nitrogen and oxygen atoms in total. The van der Waals surface area contributed by atoms with E-state index < -0.39 is 0 Å². The van der Waals surface area contributed by atoms with Crippen molar-refractivity contribution in [3.05, 3.63) is 51.8 Å². The molecule has 1 heterocycles. The van der Waals surface area contributed by atoms with Crippen molar-refractivity contribution in [1.82, 2.24) is 4.57 Å². The van der Waals surface area contributed by atoms with Crippen LogP contribution in [0.25, 0.3) is 5.69 Å². The second kappa shape index (κ2) is 4.15. The summed E-state index contributed by atoms with van der Waals surface area (Å²) in [5.41, 5.74) is 3.85. The van der Waals surface area contributed by atoms with Crippen LogP contribution in [0.3, 0.4) is 0 Å². The van der Waals surface area contributed by atoms with Crippen molar-refractivity contribution in [2.75, 3.05) is 0 Å². The Hall–Kier alpha value is -1.53. The zero-order chi connectivity index (χ0) is 11.7. The molecule has 0 aliphatic carbocycles. The Morgan fingerprint density at radius 3 is 2.31 bits per heavy atom. The summed E-state index contributed by atoms with van der Waals surface area (Å²) in [6.07, 6.45) is 0. The SMILES string of the molecule is Cc1ccc(C)n1-c1c(Br)cccc1C#N. The van der Waals surface area contributed by atoms with Gasteiger partial charge in [-0.1, -0.05) is 6.07 Å². The number of halogens is 1. The number of hydrogen-bond acceptors (Lipinski definition) is 1. The zero-order valence-corrected chi connectivity index (χ0v) is 10.7. The molecule has 2 aromatic rings. The van der Waals surface area contributed by atoms with Gasteiger partial charge in [-0.25, -0.2) is 0 Å². The van der Waals surface area contributed by atoms with E-state index in [0.29, 0.717) is 5.56 Å². The van der Waals surface area contributed by atoms with Crippen LogP contribution < -0.4 is 0 Å². The van der Waals surface area contributed by atoms with Crippen molar-refractivity contribution in [2.45, 2.75) is 13.8 Å². The standard InChI is InChI=1S/C13H11BrN2/c1-9-6-7-10(2)16(9)13-11(8-15)4-3-5-12(13)14/h3-7H,1-2H3. The van der Waals surface area contributed by atoms with E-state index in [-0.39, 0.29) is 0 Å². The van der Waals surface area contributed by atoms with Gasteiger partial charge in [0.2, 0.25) is 0 Å². The number of aryl methyl sites for hydroxylation is 2. The maximum Gasteiger partial charge on any atom is 0.101 e. The molecule has 16 heavy (non-hydrogen) atoms. The molecular formula is C13H11BrN2. The summed E-state index contributed by atoms with van der Waals surface area (Å²) >= 11 is 3.51. The number of hydrogen-bond donors (Lipinski definition) is 0. The second-order valence-electron chi connectivity index (χ2n) is 3.70. The Bertz CT molecular complexity index is 557. The maximum absolute atomic E-state index is 9.14. The average Bonchev–Trinajstić information content (AvgIpc) is 2.59. The van der Waals surface area contributed by atoms with Crippen molar-refractivity contribution in [1.29, 1.82) is 5.26 Å². The highest BCUT2D eigenvalue weighted by Crippen LogP contribution is 2.27. The lowest BCUT2D eigenvalue weighted by Gasteiger charge is -2.13. The molecule has 0 spiro atoms. The Kier molecular flexibility index (Phi) is 2.84. The first-order valence-corrected chi connectivity index (χ1v) is 5.78. The Morgan fingerprint density at radius 1 is 1.12 bits per heavy atom. The molecule has 3 heteroatoms. The van der Waals surface area contributed by atoms with E-state index in [1.165, 1.54) is 0 Å². The molecule has 2 rings (SSSR count). The van der Waals surface area contributed by atoms with Gasteiger partial charge in [0.15, 0.2) is 0 Å². The van der Waals surface area contributed by atoms with Crippen LogP contribution in [0.1, 0.15) is 17.0 Å². The minimum absolute atomic E-state index is 0.678. The summed E-state index contributed by atoms with van der Waals surface area (Å²) in [5.74, 6) is 0. The third-order valence-electron chi connectivity index (χ3n) is 2.60. The monoisotopic (exact) mass is 274 g/mol. The summed E-state index contributed by atoms with van der Waals surface area (Å²) in [4.78, 5) is 0. The van der Waals surface area contributed by atoms with Crippen LogP contribution in [-0.4, -0.2) is 4.57 Å². The van der Waals surface area contributed by atoms with Crippen LogP contribution in [0.4, 0.5) is 0 Å². The molecule has 0 amide bonds. The van der Waals surface area contributed by atoms with Gasteiger partial charge in [0.05, 0.1) is 11.3 Å². The van der Waals surface area contributed by atoms with E-state index in [2.05, 4.69) is 38.7 Å². The van der Waals surface area contributed by atoms with Gasteiger partial charge in [-0.2, -0.15) is 5.26 Å². The predicted molar refractivity (Wildman–Crippen MR) is 67.7 cm³/mol. The topological polar surface area (TPSA) is 28.7 Å². The van der Waals surface area contributed by atoms with E-state index >= 15 is 0 Å². The molecule has 0 N–H and O–H groups in total. The van der Waals surface area contributed by atoms with E-state index in [1.54, 1.807) is 0 Å². The number of para-hydroxylation sites is 1. The number of aromatic nitrogens is 1. The molecule has 0 atom stereocenters. The highest BCUT2D eigenvalue weighted by Gasteiger charge is 2.11. The molecule has 1 aromatic heterocycles. The van der Waals surface area contributed by atoms with Crippen LogP contribution in [0, 0.1) is 25.2 Å². The van der Waals surface area contributed by atoms with Crippen LogP contribution >= 0.6 is 15.9 Å². The first-order chi connectivity index (χ1) is 7.65. The highest BCUT2D eigenvalue weighted by atomic mass is 79.9. The van der Waals surface area contributed by atoms with Crippen molar-refractivity contribution in [3.8, 4) is 11.8 Å². The lowest BCUT2D eigenvalue weighted by molar-refractivity contribution is 0.956. The zero-order valence-electron chi connectivity index (χ0n) is 9.16. The summed E-state index contributed by atoms with van der Waals surface area (Å²) in [6, 6.07) is 12.0. The predicted octanol–water partition coefficient (Wildman–Crippen LogP) is 3.73. The average molecular weight is 275 g/mol.